The predicted octanol–water partition coefficient (Wildman–Crippen LogP) is 4.21. The van der Waals surface area contributed by atoms with Gasteiger partial charge >= 0.3 is 0 Å². The van der Waals surface area contributed by atoms with Crippen LogP contribution in [0.3, 0.4) is 0 Å². The van der Waals surface area contributed by atoms with Crippen LogP contribution in [0, 0.1) is 27.7 Å². The Kier molecular flexibility index (Phi) is 3.94. The lowest BCUT2D eigenvalue weighted by Crippen LogP contribution is -2.13. The van der Waals surface area contributed by atoms with E-state index in [2.05, 4.69) is 37.0 Å². The van der Waals surface area contributed by atoms with Gasteiger partial charge in [-0.1, -0.05) is 28.5 Å². The minimum Gasteiger partial charge on any atom is -0.319 e. The molecule has 0 spiro atoms. The lowest BCUT2D eigenvalue weighted by Gasteiger charge is -2.01. The van der Waals surface area contributed by atoms with E-state index in [4.69, 9.17) is 0 Å². The summed E-state index contributed by atoms with van der Waals surface area (Å²) >= 11 is 1.55. The molecule has 1 amide bonds. The number of aromatic nitrogens is 1. The highest BCUT2D eigenvalue weighted by Crippen LogP contribution is 2.21. The van der Waals surface area contributed by atoms with Gasteiger partial charge in [-0.3, -0.25) is 4.79 Å². The largest absolute Gasteiger partial charge is 0.319 e. The molecule has 118 valence electrons. The Labute approximate surface area is 139 Å². The quantitative estimate of drug-likeness (QED) is 0.660. The number of thiazole rings is 1. The van der Waals surface area contributed by atoms with E-state index in [0.717, 1.165) is 26.1 Å². The van der Waals surface area contributed by atoms with E-state index in [1.807, 2.05) is 37.6 Å². The molecule has 0 aliphatic rings. The van der Waals surface area contributed by atoms with E-state index in [1.54, 1.807) is 11.3 Å². The van der Waals surface area contributed by atoms with E-state index in [1.165, 1.54) is 11.1 Å². The average Bonchev–Trinajstić information content (AvgIpc) is 2.75. The summed E-state index contributed by atoms with van der Waals surface area (Å²) in [4.78, 5) is 17.6. The van der Waals surface area contributed by atoms with Crippen LogP contribution >= 0.6 is 11.3 Å². The molecule has 4 heteroatoms. The number of hydrogen-bond acceptors (Lipinski definition) is 2. The van der Waals surface area contributed by atoms with Gasteiger partial charge < -0.3 is 4.57 Å². The zero-order chi connectivity index (χ0) is 16.7. The molecule has 23 heavy (non-hydrogen) atoms. The van der Waals surface area contributed by atoms with Crippen molar-refractivity contribution < 1.29 is 4.79 Å². The summed E-state index contributed by atoms with van der Waals surface area (Å²) in [6.45, 7) is 8.19. The fourth-order valence-corrected chi connectivity index (χ4v) is 3.83. The van der Waals surface area contributed by atoms with Gasteiger partial charge in [0, 0.05) is 12.6 Å². The second-order valence-electron chi connectivity index (χ2n) is 6.14. The Morgan fingerprint density at radius 1 is 0.957 bits per heavy atom. The Hall–Kier alpha value is -2.20. The third kappa shape index (κ3) is 2.99. The molecule has 2 aromatic carbocycles. The molecule has 1 heterocycles. The first-order valence-corrected chi connectivity index (χ1v) is 8.41. The van der Waals surface area contributed by atoms with Gasteiger partial charge in [-0.2, -0.15) is 4.99 Å². The van der Waals surface area contributed by atoms with Gasteiger partial charge in [0.1, 0.15) is 0 Å². The van der Waals surface area contributed by atoms with Crippen molar-refractivity contribution in [3.8, 4) is 0 Å². The first-order valence-electron chi connectivity index (χ1n) is 7.59. The minimum atomic E-state index is -0.188. The number of amides is 1. The molecule has 0 aliphatic heterocycles. The summed E-state index contributed by atoms with van der Waals surface area (Å²) in [5.41, 5.74) is 6.42. The van der Waals surface area contributed by atoms with Crippen molar-refractivity contribution >= 4 is 27.5 Å². The van der Waals surface area contributed by atoms with E-state index >= 15 is 0 Å². The smallest absolute Gasteiger partial charge is 0.279 e. The number of fused-ring (bicyclic) bond motifs is 1. The average molecular weight is 324 g/mol. The lowest BCUT2D eigenvalue weighted by molar-refractivity contribution is 0.0998. The van der Waals surface area contributed by atoms with Crippen LogP contribution in [0.25, 0.3) is 10.2 Å². The van der Waals surface area contributed by atoms with E-state index in [0.29, 0.717) is 5.56 Å². The van der Waals surface area contributed by atoms with Crippen molar-refractivity contribution in [2.75, 3.05) is 0 Å². The van der Waals surface area contributed by atoms with Gasteiger partial charge in [-0.15, -0.1) is 0 Å². The standard InChI is InChI=1S/C19H20N2OS/c1-11-6-12(2)8-15(7-11)18(22)20-19-21(5)16-9-13(3)14(4)10-17(16)23-19/h6-10H,1-5H3. The lowest BCUT2D eigenvalue weighted by atomic mass is 10.1. The summed E-state index contributed by atoms with van der Waals surface area (Å²) in [5.74, 6) is -0.188. The number of hydrogen-bond donors (Lipinski definition) is 0. The Morgan fingerprint density at radius 3 is 2.22 bits per heavy atom. The molecule has 3 aromatic rings. The molecule has 3 nitrogen and oxygen atoms in total. The monoisotopic (exact) mass is 324 g/mol. The molecule has 0 N–H and O–H groups in total. The van der Waals surface area contributed by atoms with Crippen LogP contribution in [-0.4, -0.2) is 10.5 Å². The second kappa shape index (κ2) is 5.78. The Morgan fingerprint density at radius 2 is 1.57 bits per heavy atom. The predicted molar refractivity (Wildman–Crippen MR) is 96.1 cm³/mol. The van der Waals surface area contributed by atoms with Crippen molar-refractivity contribution in [2.24, 2.45) is 12.0 Å². The fraction of sp³-hybridized carbons (Fsp3) is 0.263. The summed E-state index contributed by atoms with van der Waals surface area (Å²) in [6.07, 6.45) is 0. The second-order valence-corrected chi connectivity index (χ2v) is 7.15. The number of carbonyl (C=O) groups excluding carboxylic acids is 1. The van der Waals surface area contributed by atoms with Crippen LogP contribution in [0.2, 0.25) is 0 Å². The number of carbonyl (C=O) groups is 1. The van der Waals surface area contributed by atoms with Gasteiger partial charge in [0.25, 0.3) is 5.91 Å². The van der Waals surface area contributed by atoms with E-state index in [-0.39, 0.29) is 5.91 Å². The van der Waals surface area contributed by atoms with Crippen LogP contribution in [0.5, 0.6) is 0 Å². The normalized spacial score (nSPS) is 12.1. The first-order chi connectivity index (χ1) is 10.8. The molecule has 0 saturated carbocycles. The SMILES string of the molecule is Cc1cc(C)cc(C(=O)N=c2sc3cc(C)c(C)cc3n2C)c1. The molecular formula is C19H20N2OS. The summed E-state index contributed by atoms with van der Waals surface area (Å²) in [5, 5.41) is 0. The Bertz CT molecular complexity index is 972. The van der Waals surface area contributed by atoms with Crippen LogP contribution in [-0.2, 0) is 7.05 Å². The molecule has 3 rings (SSSR count). The van der Waals surface area contributed by atoms with Gasteiger partial charge in [0.05, 0.1) is 10.2 Å². The third-order valence-electron chi connectivity index (χ3n) is 4.09. The number of aryl methyl sites for hydroxylation is 5. The molecule has 1 aromatic heterocycles. The summed E-state index contributed by atoms with van der Waals surface area (Å²) in [7, 11) is 1.96. The first kappa shape index (κ1) is 15.7. The maximum atomic E-state index is 12.5. The van der Waals surface area contributed by atoms with Crippen molar-refractivity contribution in [2.45, 2.75) is 27.7 Å². The zero-order valence-electron chi connectivity index (χ0n) is 14.1. The van der Waals surface area contributed by atoms with Crippen LogP contribution in [0.4, 0.5) is 0 Å². The Balaban J connectivity index is 2.13. The zero-order valence-corrected chi connectivity index (χ0v) is 14.9. The number of benzene rings is 2. The summed E-state index contributed by atoms with van der Waals surface area (Å²) in [6, 6.07) is 10.2. The number of nitrogens with zero attached hydrogens (tertiary/aromatic N) is 2. The number of rotatable bonds is 1. The fourth-order valence-electron chi connectivity index (χ4n) is 2.74. The molecule has 0 atom stereocenters. The highest BCUT2D eigenvalue weighted by molar-refractivity contribution is 7.16. The topological polar surface area (TPSA) is 34.4 Å². The molecule has 0 aliphatic carbocycles. The molecule has 0 unspecified atom stereocenters. The van der Waals surface area contributed by atoms with Gasteiger partial charge in [-0.25, -0.2) is 0 Å². The molecule has 0 saturated heterocycles. The molecule has 0 radical (unpaired) electrons. The van der Waals surface area contributed by atoms with Crippen molar-refractivity contribution in [3.05, 3.63) is 63.0 Å². The maximum absolute atomic E-state index is 12.5. The molecule has 0 fully saturated rings. The van der Waals surface area contributed by atoms with Gasteiger partial charge in [0.15, 0.2) is 4.80 Å². The van der Waals surface area contributed by atoms with Crippen molar-refractivity contribution in [3.63, 3.8) is 0 Å². The van der Waals surface area contributed by atoms with Crippen molar-refractivity contribution in [1.82, 2.24) is 4.57 Å². The van der Waals surface area contributed by atoms with E-state index in [9.17, 15) is 4.79 Å². The highest BCUT2D eigenvalue weighted by Gasteiger charge is 2.09. The summed E-state index contributed by atoms with van der Waals surface area (Å²) < 4.78 is 3.15. The molecular weight excluding hydrogens is 304 g/mol. The maximum Gasteiger partial charge on any atom is 0.279 e. The van der Waals surface area contributed by atoms with E-state index < -0.39 is 0 Å². The molecule has 0 bridgehead atoms. The van der Waals surface area contributed by atoms with Crippen LogP contribution in [0.1, 0.15) is 32.6 Å². The van der Waals surface area contributed by atoms with Crippen molar-refractivity contribution in [1.29, 1.82) is 0 Å². The van der Waals surface area contributed by atoms with Crippen LogP contribution in [0.15, 0.2) is 35.3 Å². The highest BCUT2D eigenvalue weighted by atomic mass is 32.1. The van der Waals surface area contributed by atoms with Gasteiger partial charge in [0.2, 0.25) is 0 Å². The van der Waals surface area contributed by atoms with Gasteiger partial charge in [-0.05, 0) is 63.1 Å². The minimum absolute atomic E-state index is 0.188. The van der Waals surface area contributed by atoms with Crippen LogP contribution < -0.4 is 4.80 Å². The third-order valence-corrected chi connectivity index (χ3v) is 5.19.